The molecule has 152 valence electrons. The minimum absolute atomic E-state index is 0.154. The van der Waals surface area contributed by atoms with E-state index < -0.39 is 25.0 Å². The van der Waals surface area contributed by atoms with E-state index in [1.54, 1.807) is 0 Å². The SMILES string of the molecule is CCCCCCCCc1ccc(CCCC(O)C(O)(O)C23OP2(=O)O3)cc1. The molecule has 3 rings (SSSR count). The molecule has 1 unspecified atom stereocenters. The van der Waals surface area contributed by atoms with Gasteiger partial charge in [-0.05, 0) is 43.2 Å². The van der Waals surface area contributed by atoms with E-state index in [1.165, 1.54) is 44.1 Å². The van der Waals surface area contributed by atoms with Crippen LogP contribution in [0.2, 0.25) is 0 Å². The zero-order valence-electron chi connectivity index (χ0n) is 16.0. The Kier molecular flexibility index (Phi) is 6.46. The van der Waals surface area contributed by atoms with Crippen molar-refractivity contribution in [2.75, 3.05) is 0 Å². The number of hydrogen-bond donors (Lipinski definition) is 3. The van der Waals surface area contributed by atoms with Gasteiger partial charge in [-0.25, -0.2) is 0 Å². The average molecular weight is 398 g/mol. The van der Waals surface area contributed by atoms with E-state index in [4.69, 9.17) is 0 Å². The van der Waals surface area contributed by atoms with Crippen LogP contribution in [0, 0.1) is 0 Å². The Morgan fingerprint density at radius 1 is 0.963 bits per heavy atom. The maximum absolute atomic E-state index is 11.5. The Morgan fingerprint density at radius 2 is 1.44 bits per heavy atom. The standard InChI is InChI=1S/C20H31O6P/c1-2-3-4-5-6-7-9-16-12-14-17(15-13-16)10-8-11-18(21)19(22,23)20-25-27(20,24)26-20/h12-15,18,21-23H,2-11H2,1H3. The van der Waals surface area contributed by atoms with Crippen LogP contribution in [0.25, 0.3) is 0 Å². The van der Waals surface area contributed by atoms with Gasteiger partial charge in [-0.2, -0.15) is 0 Å². The number of aliphatic hydroxyl groups is 3. The zero-order chi connectivity index (χ0) is 19.5. The Labute approximate surface area is 161 Å². The summed E-state index contributed by atoms with van der Waals surface area (Å²) in [6.07, 6.45) is 8.84. The predicted molar refractivity (Wildman–Crippen MR) is 102 cm³/mol. The van der Waals surface area contributed by atoms with Gasteiger partial charge in [-0.3, -0.25) is 13.6 Å². The third-order valence-electron chi connectivity index (χ3n) is 5.50. The average Bonchev–Trinajstić information content (AvgIpc) is 3.45. The summed E-state index contributed by atoms with van der Waals surface area (Å²) in [4.78, 5) is 0. The van der Waals surface area contributed by atoms with Crippen molar-refractivity contribution in [2.24, 2.45) is 0 Å². The summed E-state index contributed by atoms with van der Waals surface area (Å²) in [5.41, 5.74) is 0.618. The summed E-state index contributed by atoms with van der Waals surface area (Å²) in [7, 11) is -3.30. The van der Waals surface area contributed by atoms with Crippen LogP contribution in [0.1, 0.15) is 69.4 Å². The number of aliphatic hydroxyl groups excluding tert-OH is 1. The molecule has 1 aromatic rings. The summed E-state index contributed by atoms with van der Waals surface area (Å²) in [5.74, 6) is -2.62. The number of unbranched alkanes of at least 4 members (excludes halogenated alkanes) is 5. The van der Waals surface area contributed by atoms with Crippen LogP contribution < -0.4 is 0 Å². The molecule has 0 spiro atoms. The van der Waals surface area contributed by atoms with Gasteiger partial charge < -0.3 is 15.3 Å². The molecule has 0 saturated carbocycles. The van der Waals surface area contributed by atoms with Gasteiger partial charge in [0.25, 0.3) is 5.79 Å². The molecular weight excluding hydrogens is 367 g/mol. The lowest BCUT2D eigenvalue weighted by atomic mass is 9.99. The molecule has 27 heavy (non-hydrogen) atoms. The van der Waals surface area contributed by atoms with Crippen LogP contribution in [-0.4, -0.2) is 32.7 Å². The van der Waals surface area contributed by atoms with E-state index in [0.29, 0.717) is 6.42 Å². The summed E-state index contributed by atoms with van der Waals surface area (Å²) >= 11 is 0. The molecule has 0 bridgehead atoms. The highest BCUT2D eigenvalue weighted by Crippen LogP contribution is 2.99. The molecule has 0 aromatic heterocycles. The van der Waals surface area contributed by atoms with Gasteiger partial charge in [-0.1, -0.05) is 63.3 Å². The molecule has 3 N–H and O–H groups in total. The lowest BCUT2D eigenvalue weighted by molar-refractivity contribution is -0.293. The highest BCUT2D eigenvalue weighted by atomic mass is 31.2. The Hall–Kier alpha value is -0.750. The van der Waals surface area contributed by atoms with Gasteiger partial charge in [0.2, 0.25) is 0 Å². The minimum atomic E-state index is -3.30. The number of aryl methyl sites for hydroxylation is 2. The fourth-order valence-electron chi connectivity index (χ4n) is 3.52. The van der Waals surface area contributed by atoms with Crippen LogP contribution in [-0.2, 0) is 26.5 Å². The smallest absolute Gasteiger partial charge is 0.387 e. The summed E-state index contributed by atoms with van der Waals surface area (Å²) in [6, 6.07) is 8.46. The van der Waals surface area contributed by atoms with E-state index >= 15 is 0 Å². The molecule has 1 atom stereocenters. The number of rotatable bonds is 13. The van der Waals surface area contributed by atoms with Crippen LogP contribution >= 0.6 is 7.60 Å². The van der Waals surface area contributed by atoms with Crippen molar-refractivity contribution in [3.63, 3.8) is 0 Å². The van der Waals surface area contributed by atoms with E-state index in [-0.39, 0.29) is 6.42 Å². The van der Waals surface area contributed by atoms with Crippen molar-refractivity contribution in [3.8, 4) is 0 Å². The fraction of sp³-hybridized carbons (Fsp3) is 0.700. The fourth-order valence-corrected chi connectivity index (χ4v) is 5.33. The first-order valence-corrected chi connectivity index (χ1v) is 11.6. The van der Waals surface area contributed by atoms with E-state index in [1.807, 2.05) is 0 Å². The Bertz CT molecular complexity index is 662. The van der Waals surface area contributed by atoms with Gasteiger partial charge in [0.15, 0.2) is 0 Å². The predicted octanol–water partition coefficient (Wildman–Crippen LogP) is 3.86. The van der Waals surface area contributed by atoms with Crippen LogP contribution in [0.5, 0.6) is 0 Å². The van der Waals surface area contributed by atoms with Gasteiger partial charge in [0.1, 0.15) is 6.10 Å². The van der Waals surface area contributed by atoms with Crippen LogP contribution in [0.15, 0.2) is 24.3 Å². The first-order chi connectivity index (χ1) is 12.8. The van der Waals surface area contributed by atoms with Crippen molar-refractivity contribution in [2.45, 2.75) is 88.6 Å². The quantitative estimate of drug-likeness (QED) is 0.202. The number of fused-ring (bicyclic) bond motifs is 1. The first kappa shape index (κ1) is 21.0. The van der Waals surface area contributed by atoms with E-state index in [9.17, 15) is 19.9 Å². The lowest BCUT2D eigenvalue weighted by Gasteiger charge is -2.25. The second-order valence-electron chi connectivity index (χ2n) is 7.73. The monoisotopic (exact) mass is 398 g/mol. The third kappa shape index (κ3) is 4.47. The van der Waals surface area contributed by atoms with Crippen LogP contribution in [0.4, 0.5) is 0 Å². The molecule has 1 aromatic carbocycles. The molecule has 2 fully saturated rings. The van der Waals surface area contributed by atoms with Crippen molar-refractivity contribution < 1.29 is 28.9 Å². The number of hydrogen-bond acceptors (Lipinski definition) is 6. The second kappa shape index (κ2) is 8.32. The summed E-state index contributed by atoms with van der Waals surface area (Å²) in [6.45, 7) is 2.23. The molecule has 2 saturated heterocycles. The summed E-state index contributed by atoms with van der Waals surface area (Å²) < 4.78 is 20.8. The van der Waals surface area contributed by atoms with E-state index in [0.717, 1.165) is 18.4 Å². The molecule has 2 aliphatic heterocycles. The molecule has 0 aliphatic carbocycles. The van der Waals surface area contributed by atoms with Crippen molar-refractivity contribution in [3.05, 3.63) is 35.4 Å². The van der Waals surface area contributed by atoms with Gasteiger partial charge in [-0.15, -0.1) is 0 Å². The van der Waals surface area contributed by atoms with Gasteiger partial charge in [0.05, 0.1) is 0 Å². The second-order valence-corrected chi connectivity index (χ2v) is 9.68. The highest BCUT2D eigenvalue weighted by molar-refractivity contribution is 7.68. The molecule has 6 nitrogen and oxygen atoms in total. The van der Waals surface area contributed by atoms with Crippen molar-refractivity contribution in [1.29, 1.82) is 0 Å². The Balaban J connectivity index is 1.33. The Morgan fingerprint density at radius 3 is 1.96 bits per heavy atom. The third-order valence-corrected chi connectivity index (χ3v) is 7.39. The zero-order valence-corrected chi connectivity index (χ0v) is 16.9. The van der Waals surface area contributed by atoms with Gasteiger partial charge >= 0.3 is 13.1 Å². The number of benzene rings is 1. The maximum atomic E-state index is 11.5. The molecule has 2 aliphatic rings. The largest absolute Gasteiger partial charge is 0.403 e. The normalized spacial score (nSPS) is 27.3. The lowest BCUT2D eigenvalue weighted by Crippen LogP contribution is -2.51. The minimum Gasteiger partial charge on any atom is -0.387 e. The first-order valence-electron chi connectivity index (χ1n) is 10.1. The highest BCUT2D eigenvalue weighted by Gasteiger charge is 3.00. The topological polar surface area (TPSA) is 103 Å². The van der Waals surface area contributed by atoms with Crippen molar-refractivity contribution in [1.82, 2.24) is 0 Å². The summed E-state index contributed by atoms with van der Waals surface area (Å²) in [5, 5.41) is 29.9. The maximum Gasteiger partial charge on any atom is 0.403 e. The van der Waals surface area contributed by atoms with Crippen LogP contribution in [0.3, 0.4) is 0 Å². The van der Waals surface area contributed by atoms with Gasteiger partial charge in [0, 0.05) is 0 Å². The van der Waals surface area contributed by atoms with Crippen molar-refractivity contribution >= 4 is 7.60 Å². The molecule has 7 heteroatoms. The van der Waals surface area contributed by atoms with E-state index in [2.05, 4.69) is 40.2 Å². The molecule has 0 amide bonds. The molecular formula is C20H31O6P. The molecule has 0 radical (unpaired) electrons. The molecule has 2 heterocycles.